The second-order valence-corrected chi connectivity index (χ2v) is 11.3. The van der Waals surface area contributed by atoms with Crippen LogP contribution in [0.4, 0.5) is 0 Å². The zero-order valence-electron chi connectivity index (χ0n) is 19.0. The van der Waals surface area contributed by atoms with Gasteiger partial charge in [-0.25, -0.2) is 8.42 Å². The predicted molar refractivity (Wildman–Crippen MR) is 124 cm³/mol. The number of nitrogens with one attached hydrogen (secondary N) is 1. The number of sulfonamides is 1. The Morgan fingerprint density at radius 2 is 1.61 bits per heavy atom. The van der Waals surface area contributed by atoms with E-state index in [2.05, 4.69) is 45.1 Å². The van der Waals surface area contributed by atoms with Gasteiger partial charge in [0.2, 0.25) is 15.9 Å². The fourth-order valence-corrected chi connectivity index (χ4v) is 5.45. The highest BCUT2D eigenvalue weighted by atomic mass is 32.2. The van der Waals surface area contributed by atoms with Crippen molar-refractivity contribution in [3.05, 3.63) is 65.7 Å². The van der Waals surface area contributed by atoms with Crippen LogP contribution in [0, 0.1) is 5.92 Å². The molecule has 0 bridgehead atoms. The molecule has 1 N–H and O–H groups in total. The number of carbonyl (C=O) groups excluding carboxylic acids is 1. The van der Waals surface area contributed by atoms with Crippen molar-refractivity contribution in [1.29, 1.82) is 0 Å². The van der Waals surface area contributed by atoms with E-state index in [-0.39, 0.29) is 17.2 Å². The molecule has 31 heavy (non-hydrogen) atoms. The molecular weight excluding hydrogens is 408 g/mol. The SMILES string of the molecule is CC(C)c1ccc(S(=O)(=O)N2CCC(C(=O)NCC(C)(C)c3ccccc3)CC2)cc1. The largest absolute Gasteiger partial charge is 0.355 e. The molecule has 1 heterocycles. The van der Waals surface area contributed by atoms with E-state index in [0.29, 0.717) is 43.3 Å². The Kier molecular flexibility index (Phi) is 7.22. The van der Waals surface area contributed by atoms with Crippen molar-refractivity contribution < 1.29 is 13.2 Å². The smallest absolute Gasteiger partial charge is 0.243 e. The Balaban J connectivity index is 1.55. The van der Waals surface area contributed by atoms with E-state index < -0.39 is 10.0 Å². The third kappa shape index (κ3) is 5.55. The van der Waals surface area contributed by atoms with Gasteiger partial charge in [-0.1, -0.05) is 70.2 Å². The van der Waals surface area contributed by atoms with E-state index in [9.17, 15) is 13.2 Å². The molecule has 2 aromatic carbocycles. The molecule has 0 unspecified atom stereocenters. The van der Waals surface area contributed by atoms with Crippen LogP contribution in [0.1, 0.15) is 57.6 Å². The fraction of sp³-hybridized carbons (Fsp3) is 0.480. The van der Waals surface area contributed by atoms with Crippen LogP contribution in [-0.4, -0.2) is 38.3 Å². The zero-order valence-corrected chi connectivity index (χ0v) is 19.8. The number of hydrogen-bond donors (Lipinski definition) is 1. The summed E-state index contributed by atoms with van der Waals surface area (Å²) < 4.78 is 27.5. The van der Waals surface area contributed by atoms with Crippen LogP contribution in [0.5, 0.6) is 0 Å². The van der Waals surface area contributed by atoms with Crippen molar-refractivity contribution in [2.75, 3.05) is 19.6 Å². The average Bonchev–Trinajstić information content (AvgIpc) is 2.78. The molecule has 5 nitrogen and oxygen atoms in total. The summed E-state index contributed by atoms with van der Waals surface area (Å²) in [7, 11) is -3.52. The zero-order chi connectivity index (χ0) is 22.6. The quantitative estimate of drug-likeness (QED) is 0.695. The molecule has 2 aromatic rings. The van der Waals surface area contributed by atoms with Gasteiger partial charge in [-0.05, 0) is 42.0 Å². The Labute approximate surface area is 186 Å². The van der Waals surface area contributed by atoms with Gasteiger partial charge < -0.3 is 5.32 Å². The topological polar surface area (TPSA) is 66.5 Å². The molecule has 1 saturated heterocycles. The summed E-state index contributed by atoms with van der Waals surface area (Å²) in [5.41, 5.74) is 2.13. The standard InChI is InChI=1S/C25H34N2O3S/c1-19(2)20-10-12-23(13-11-20)31(29,30)27-16-14-21(15-17-27)24(28)26-18-25(3,4)22-8-6-5-7-9-22/h5-13,19,21H,14-18H2,1-4H3,(H,26,28). The molecule has 1 aliphatic rings. The lowest BCUT2D eigenvalue weighted by molar-refractivity contribution is -0.126. The lowest BCUT2D eigenvalue weighted by Crippen LogP contribution is -2.45. The summed E-state index contributed by atoms with van der Waals surface area (Å²) in [5, 5.41) is 3.09. The summed E-state index contributed by atoms with van der Waals surface area (Å²) in [6.45, 7) is 9.69. The van der Waals surface area contributed by atoms with E-state index in [1.165, 1.54) is 9.87 Å². The van der Waals surface area contributed by atoms with E-state index in [4.69, 9.17) is 0 Å². The number of benzene rings is 2. The number of amides is 1. The van der Waals surface area contributed by atoms with E-state index >= 15 is 0 Å². The summed E-state index contributed by atoms with van der Waals surface area (Å²) in [5.74, 6) is 0.224. The van der Waals surface area contributed by atoms with E-state index in [1.54, 1.807) is 12.1 Å². The number of piperidine rings is 1. The van der Waals surface area contributed by atoms with Crippen LogP contribution in [0.3, 0.4) is 0 Å². The maximum atomic E-state index is 13.0. The van der Waals surface area contributed by atoms with Crippen LogP contribution >= 0.6 is 0 Å². The summed E-state index contributed by atoms with van der Waals surface area (Å²) >= 11 is 0. The minimum Gasteiger partial charge on any atom is -0.355 e. The van der Waals surface area contributed by atoms with Crippen LogP contribution in [0.25, 0.3) is 0 Å². The van der Waals surface area contributed by atoms with Crippen LogP contribution < -0.4 is 5.32 Å². The van der Waals surface area contributed by atoms with Gasteiger partial charge in [0, 0.05) is 31.0 Å². The molecular formula is C25H34N2O3S. The Hall–Kier alpha value is -2.18. The summed E-state index contributed by atoms with van der Waals surface area (Å²) in [4.78, 5) is 13.0. The maximum absolute atomic E-state index is 13.0. The highest BCUT2D eigenvalue weighted by Gasteiger charge is 2.32. The van der Waals surface area contributed by atoms with Gasteiger partial charge in [-0.15, -0.1) is 0 Å². The maximum Gasteiger partial charge on any atom is 0.243 e. The molecule has 0 aromatic heterocycles. The molecule has 168 valence electrons. The van der Waals surface area contributed by atoms with Gasteiger partial charge in [0.05, 0.1) is 4.90 Å². The van der Waals surface area contributed by atoms with Crippen LogP contribution in [-0.2, 0) is 20.2 Å². The molecule has 0 aliphatic carbocycles. The highest BCUT2D eigenvalue weighted by molar-refractivity contribution is 7.89. The Morgan fingerprint density at radius 3 is 2.16 bits per heavy atom. The van der Waals surface area contributed by atoms with Crippen molar-refractivity contribution in [1.82, 2.24) is 9.62 Å². The van der Waals surface area contributed by atoms with Crippen molar-refractivity contribution >= 4 is 15.9 Å². The first-order valence-electron chi connectivity index (χ1n) is 11.0. The molecule has 1 amide bonds. The first kappa shape index (κ1) is 23.5. The van der Waals surface area contributed by atoms with Gasteiger partial charge in [-0.2, -0.15) is 4.31 Å². The van der Waals surface area contributed by atoms with Crippen LogP contribution in [0.15, 0.2) is 59.5 Å². The molecule has 3 rings (SSSR count). The minimum absolute atomic E-state index is 0.0161. The third-order valence-corrected chi connectivity index (χ3v) is 8.18. The molecule has 0 saturated carbocycles. The molecule has 1 fully saturated rings. The van der Waals surface area contributed by atoms with Crippen molar-refractivity contribution in [2.45, 2.75) is 56.8 Å². The molecule has 0 atom stereocenters. The van der Waals surface area contributed by atoms with Gasteiger partial charge in [0.1, 0.15) is 0 Å². The summed E-state index contributed by atoms with van der Waals surface area (Å²) in [6.07, 6.45) is 1.09. The molecule has 0 spiro atoms. The third-order valence-electron chi connectivity index (χ3n) is 6.27. The monoisotopic (exact) mass is 442 g/mol. The number of hydrogen-bond acceptors (Lipinski definition) is 3. The van der Waals surface area contributed by atoms with Crippen molar-refractivity contribution in [3.63, 3.8) is 0 Å². The van der Waals surface area contributed by atoms with Crippen molar-refractivity contribution in [2.24, 2.45) is 5.92 Å². The minimum atomic E-state index is -3.52. The fourth-order valence-electron chi connectivity index (χ4n) is 3.98. The lowest BCUT2D eigenvalue weighted by Gasteiger charge is -2.32. The lowest BCUT2D eigenvalue weighted by atomic mass is 9.84. The number of nitrogens with zero attached hydrogens (tertiary/aromatic N) is 1. The van der Waals surface area contributed by atoms with Gasteiger partial charge in [0.25, 0.3) is 0 Å². The number of carbonyl (C=O) groups is 1. The second kappa shape index (κ2) is 9.53. The Morgan fingerprint density at radius 1 is 1.03 bits per heavy atom. The van der Waals surface area contributed by atoms with Crippen LogP contribution in [0.2, 0.25) is 0 Å². The Bertz CT molecular complexity index is 975. The van der Waals surface area contributed by atoms with E-state index in [0.717, 1.165) is 5.56 Å². The second-order valence-electron chi connectivity index (χ2n) is 9.37. The highest BCUT2D eigenvalue weighted by Crippen LogP contribution is 2.26. The van der Waals surface area contributed by atoms with Gasteiger partial charge in [0.15, 0.2) is 0 Å². The number of rotatable bonds is 7. The molecule has 1 aliphatic heterocycles. The normalized spacial score (nSPS) is 16.4. The predicted octanol–water partition coefficient (Wildman–Crippen LogP) is 4.30. The van der Waals surface area contributed by atoms with E-state index in [1.807, 2.05) is 30.3 Å². The summed E-state index contributed by atoms with van der Waals surface area (Å²) in [6, 6.07) is 17.3. The van der Waals surface area contributed by atoms with Gasteiger partial charge >= 0.3 is 0 Å². The molecule has 0 radical (unpaired) electrons. The first-order chi connectivity index (χ1) is 14.6. The van der Waals surface area contributed by atoms with Gasteiger partial charge in [-0.3, -0.25) is 4.79 Å². The molecule has 6 heteroatoms. The average molecular weight is 443 g/mol. The first-order valence-corrected chi connectivity index (χ1v) is 12.5. The van der Waals surface area contributed by atoms with Crippen molar-refractivity contribution in [3.8, 4) is 0 Å².